The molecule has 2 bridgehead atoms. The van der Waals surface area contributed by atoms with Crippen molar-refractivity contribution in [1.82, 2.24) is 25.3 Å². The van der Waals surface area contributed by atoms with E-state index in [4.69, 9.17) is 0 Å². The van der Waals surface area contributed by atoms with Crippen molar-refractivity contribution in [3.63, 3.8) is 0 Å². The summed E-state index contributed by atoms with van der Waals surface area (Å²) in [6, 6.07) is 9.04. The highest BCUT2D eigenvalue weighted by Crippen LogP contribution is 2.28. The van der Waals surface area contributed by atoms with Gasteiger partial charge in [-0.2, -0.15) is 5.10 Å². The van der Waals surface area contributed by atoms with Crippen LogP contribution < -0.4 is 5.32 Å². The molecule has 1 aromatic carbocycles. The molecule has 0 saturated carbocycles. The number of likely N-dealkylation sites (N-methyl/N-ethyl adjacent to an activating group) is 1. The lowest BCUT2D eigenvalue weighted by Crippen LogP contribution is -2.64. The van der Waals surface area contributed by atoms with E-state index >= 15 is 0 Å². The van der Waals surface area contributed by atoms with Gasteiger partial charge in [-0.25, -0.2) is 0 Å². The van der Waals surface area contributed by atoms with Crippen LogP contribution >= 0.6 is 0 Å². The summed E-state index contributed by atoms with van der Waals surface area (Å²) in [4.78, 5) is 17.9. The minimum absolute atomic E-state index is 0.0610. The van der Waals surface area contributed by atoms with Crippen molar-refractivity contribution in [2.24, 2.45) is 5.92 Å². The van der Waals surface area contributed by atoms with Crippen molar-refractivity contribution in [1.29, 1.82) is 0 Å². The van der Waals surface area contributed by atoms with Gasteiger partial charge in [-0.1, -0.05) is 32.0 Å². The Morgan fingerprint density at radius 3 is 2.65 bits per heavy atom. The lowest BCUT2D eigenvalue weighted by Gasteiger charge is -2.51. The van der Waals surface area contributed by atoms with Crippen molar-refractivity contribution in [2.45, 2.75) is 44.8 Å². The Morgan fingerprint density at radius 1 is 1.27 bits per heavy atom. The monoisotopic (exact) mass is 355 g/mol. The number of hydrogen-bond acceptors (Lipinski definition) is 4. The van der Waals surface area contributed by atoms with Gasteiger partial charge in [-0.3, -0.25) is 19.7 Å². The minimum Gasteiger partial charge on any atom is -0.348 e. The van der Waals surface area contributed by atoms with Gasteiger partial charge in [0, 0.05) is 43.1 Å². The lowest BCUT2D eigenvalue weighted by atomic mass is 9.87. The average molecular weight is 355 g/mol. The number of aromatic amines is 1. The van der Waals surface area contributed by atoms with Crippen molar-refractivity contribution < 1.29 is 4.79 Å². The second-order valence-corrected chi connectivity index (χ2v) is 8.35. The molecule has 0 radical (unpaired) electrons. The Kier molecular flexibility index (Phi) is 4.71. The Labute approximate surface area is 154 Å². The van der Waals surface area contributed by atoms with Gasteiger partial charge in [0.1, 0.15) is 0 Å². The third-order valence-corrected chi connectivity index (χ3v) is 5.85. The SMILES string of the molecule is CC(C)CN1C[C@H]2C[C@@H](NC(=O)c3n[nH]c4ccccc34)C[C@@H](C1)N2C. The molecule has 140 valence electrons. The van der Waals surface area contributed by atoms with Crippen LogP contribution in [0.25, 0.3) is 10.9 Å². The highest BCUT2D eigenvalue weighted by atomic mass is 16.2. The first-order valence-corrected chi connectivity index (χ1v) is 9.69. The molecule has 1 aromatic heterocycles. The first-order chi connectivity index (χ1) is 12.5. The summed E-state index contributed by atoms with van der Waals surface area (Å²) in [7, 11) is 2.24. The number of H-pyrrole nitrogens is 1. The Balaban J connectivity index is 1.43. The van der Waals surface area contributed by atoms with E-state index in [9.17, 15) is 4.79 Å². The van der Waals surface area contributed by atoms with Crippen LogP contribution in [-0.4, -0.2) is 70.7 Å². The predicted octanol–water partition coefficient (Wildman–Crippen LogP) is 2.10. The first-order valence-electron chi connectivity index (χ1n) is 9.69. The number of para-hydroxylation sites is 1. The standard InChI is InChI=1S/C20H29N5O/c1-13(2)10-25-11-15-8-14(9-16(12-25)24(15)3)21-20(26)19-17-6-4-5-7-18(17)22-23-19/h4-7,13-16H,8-12H2,1-3H3,(H,21,26)(H,22,23)/t14-,15-,16+. The maximum Gasteiger partial charge on any atom is 0.272 e. The van der Waals surface area contributed by atoms with Crippen LogP contribution in [-0.2, 0) is 0 Å². The molecule has 0 unspecified atom stereocenters. The normalized spacial score (nSPS) is 27.2. The molecule has 6 heteroatoms. The molecule has 2 aliphatic rings. The van der Waals surface area contributed by atoms with Crippen molar-refractivity contribution in [3.8, 4) is 0 Å². The fraction of sp³-hybridized carbons (Fsp3) is 0.600. The zero-order valence-electron chi connectivity index (χ0n) is 15.9. The Morgan fingerprint density at radius 2 is 1.96 bits per heavy atom. The average Bonchev–Trinajstić information content (AvgIpc) is 3.00. The maximum absolute atomic E-state index is 12.8. The molecule has 0 spiro atoms. The number of carbonyl (C=O) groups excluding carboxylic acids is 1. The fourth-order valence-corrected chi connectivity index (χ4v) is 4.63. The van der Waals surface area contributed by atoms with Crippen molar-refractivity contribution in [2.75, 3.05) is 26.7 Å². The van der Waals surface area contributed by atoms with Gasteiger partial charge in [-0.05, 0) is 31.9 Å². The maximum atomic E-state index is 12.8. The molecule has 6 nitrogen and oxygen atoms in total. The zero-order chi connectivity index (χ0) is 18.3. The van der Waals surface area contributed by atoms with Crippen LogP contribution in [0.3, 0.4) is 0 Å². The van der Waals surface area contributed by atoms with Crippen molar-refractivity contribution >= 4 is 16.8 Å². The number of fused-ring (bicyclic) bond motifs is 3. The Hall–Kier alpha value is -1.92. The summed E-state index contributed by atoms with van der Waals surface area (Å²) in [5.41, 5.74) is 1.41. The smallest absolute Gasteiger partial charge is 0.272 e. The molecular formula is C20H29N5O. The molecular weight excluding hydrogens is 326 g/mol. The van der Waals surface area contributed by atoms with E-state index in [0.717, 1.165) is 43.4 Å². The van der Waals surface area contributed by atoms with Gasteiger partial charge in [0.05, 0.1) is 5.52 Å². The number of likely N-dealkylation sites (tertiary alicyclic amines) is 1. The molecule has 2 N–H and O–H groups in total. The number of carbonyl (C=O) groups is 1. The predicted molar refractivity (Wildman–Crippen MR) is 103 cm³/mol. The second-order valence-electron chi connectivity index (χ2n) is 8.35. The van der Waals surface area contributed by atoms with E-state index in [-0.39, 0.29) is 11.9 Å². The van der Waals surface area contributed by atoms with Crippen LogP contribution in [0.15, 0.2) is 24.3 Å². The third-order valence-electron chi connectivity index (χ3n) is 5.85. The molecule has 3 atom stereocenters. The van der Waals surface area contributed by atoms with Crippen molar-refractivity contribution in [3.05, 3.63) is 30.0 Å². The van der Waals surface area contributed by atoms with Gasteiger partial charge in [0.25, 0.3) is 5.91 Å². The largest absolute Gasteiger partial charge is 0.348 e. The van der Waals surface area contributed by atoms with E-state index in [1.807, 2.05) is 24.3 Å². The first kappa shape index (κ1) is 17.5. The number of amides is 1. The topological polar surface area (TPSA) is 64.3 Å². The lowest BCUT2D eigenvalue weighted by molar-refractivity contribution is -0.00573. The van der Waals surface area contributed by atoms with E-state index in [1.54, 1.807) is 0 Å². The summed E-state index contributed by atoms with van der Waals surface area (Å²) >= 11 is 0. The molecule has 2 aromatic rings. The molecule has 3 heterocycles. The summed E-state index contributed by atoms with van der Waals surface area (Å²) in [6.07, 6.45) is 2.02. The molecule has 2 saturated heterocycles. The minimum atomic E-state index is -0.0610. The third kappa shape index (κ3) is 3.35. The highest BCUT2D eigenvalue weighted by Gasteiger charge is 2.39. The van der Waals surface area contributed by atoms with Gasteiger partial charge in [-0.15, -0.1) is 0 Å². The second kappa shape index (κ2) is 7.00. The fourth-order valence-electron chi connectivity index (χ4n) is 4.63. The summed E-state index contributed by atoms with van der Waals surface area (Å²) < 4.78 is 0. The molecule has 0 aliphatic carbocycles. The molecule has 1 amide bonds. The molecule has 4 rings (SSSR count). The van der Waals surface area contributed by atoms with E-state index in [0.29, 0.717) is 23.7 Å². The highest BCUT2D eigenvalue weighted by molar-refractivity contribution is 6.04. The number of hydrogen-bond donors (Lipinski definition) is 2. The van der Waals surface area contributed by atoms with Gasteiger partial charge < -0.3 is 5.32 Å². The summed E-state index contributed by atoms with van der Waals surface area (Å²) in [5.74, 6) is 0.636. The van der Waals surface area contributed by atoms with Crippen LogP contribution in [0, 0.1) is 5.92 Å². The number of nitrogens with one attached hydrogen (secondary N) is 2. The molecule has 2 fully saturated rings. The van der Waals surface area contributed by atoms with Gasteiger partial charge in [0.2, 0.25) is 0 Å². The quantitative estimate of drug-likeness (QED) is 0.882. The van der Waals surface area contributed by atoms with Crippen LogP contribution in [0.1, 0.15) is 37.2 Å². The van der Waals surface area contributed by atoms with E-state index in [1.165, 1.54) is 0 Å². The number of rotatable bonds is 4. The van der Waals surface area contributed by atoms with Crippen LogP contribution in [0.4, 0.5) is 0 Å². The Bertz CT molecular complexity index is 769. The summed E-state index contributed by atoms with van der Waals surface area (Å²) in [6.45, 7) is 7.93. The number of piperazine rings is 1. The van der Waals surface area contributed by atoms with Crippen LogP contribution in [0.5, 0.6) is 0 Å². The van der Waals surface area contributed by atoms with Gasteiger partial charge in [0.15, 0.2) is 5.69 Å². The van der Waals surface area contributed by atoms with Crippen LogP contribution in [0.2, 0.25) is 0 Å². The number of nitrogens with zero attached hydrogens (tertiary/aromatic N) is 3. The number of aromatic nitrogens is 2. The molecule has 2 aliphatic heterocycles. The van der Waals surface area contributed by atoms with E-state index < -0.39 is 0 Å². The summed E-state index contributed by atoms with van der Waals surface area (Å²) in [5, 5.41) is 11.3. The van der Waals surface area contributed by atoms with Gasteiger partial charge >= 0.3 is 0 Å². The number of benzene rings is 1. The molecule has 26 heavy (non-hydrogen) atoms. The van der Waals surface area contributed by atoms with E-state index in [2.05, 4.69) is 46.2 Å². The zero-order valence-corrected chi connectivity index (χ0v) is 15.9. The number of piperidine rings is 1.